The van der Waals surface area contributed by atoms with Gasteiger partial charge < -0.3 is 10.2 Å². The van der Waals surface area contributed by atoms with E-state index in [2.05, 4.69) is 0 Å². The number of hydrogen-bond acceptors (Lipinski definition) is 2. The van der Waals surface area contributed by atoms with Gasteiger partial charge in [-0.1, -0.05) is 0 Å². The molecule has 0 aliphatic carbocycles. The molecule has 4 nitrogen and oxygen atoms in total. The predicted octanol–water partition coefficient (Wildman–Crippen LogP) is -0.847. The zero-order valence-corrected chi connectivity index (χ0v) is 4.17. The molecule has 7 heavy (non-hydrogen) atoms. The molecule has 0 radical (unpaired) electrons. The van der Waals surface area contributed by atoms with Crippen LogP contribution in [0.15, 0.2) is 0 Å². The van der Waals surface area contributed by atoms with Crippen molar-refractivity contribution in [1.82, 2.24) is 0 Å². The van der Waals surface area contributed by atoms with Crippen molar-refractivity contribution in [3.8, 4) is 0 Å². The van der Waals surface area contributed by atoms with E-state index in [1.54, 1.807) is 0 Å². The van der Waals surface area contributed by atoms with E-state index >= 15 is 0 Å². The van der Waals surface area contributed by atoms with E-state index < -0.39 is 11.9 Å². The third-order valence-electron chi connectivity index (χ3n) is 0.183. The van der Waals surface area contributed by atoms with E-state index in [4.69, 9.17) is 19.8 Å². The minimum atomic E-state index is -1.82. The number of hydrogen-bond donors (Lipinski definition) is 2. The fourth-order valence-corrected chi connectivity index (χ4v) is 0. The summed E-state index contributed by atoms with van der Waals surface area (Å²) in [6.45, 7) is 0. The van der Waals surface area contributed by atoms with Crippen LogP contribution in [-0.4, -0.2) is 22.2 Å². The molecule has 0 bridgehead atoms. The van der Waals surface area contributed by atoms with Crippen LogP contribution in [-0.2, 0) is 26.7 Å². The van der Waals surface area contributed by atoms with Crippen LogP contribution in [0, 0.1) is 0 Å². The maximum Gasteiger partial charge on any atom is 2.00 e. The van der Waals surface area contributed by atoms with Crippen LogP contribution in [0.1, 0.15) is 0 Å². The molecular formula is C2H2FeO4+2. The first-order valence-corrected chi connectivity index (χ1v) is 1.11. The molecular weight excluding hydrogens is 144 g/mol. The summed E-state index contributed by atoms with van der Waals surface area (Å²) in [6, 6.07) is 0. The molecule has 0 saturated heterocycles. The summed E-state index contributed by atoms with van der Waals surface area (Å²) in [5, 5.41) is 14.8. The molecule has 0 aromatic heterocycles. The summed E-state index contributed by atoms with van der Waals surface area (Å²) in [5.41, 5.74) is 0. The van der Waals surface area contributed by atoms with Crippen LogP contribution in [0.2, 0.25) is 0 Å². The summed E-state index contributed by atoms with van der Waals surface area (Å²) < 4.78 is 0. The van der Waals surface area contributed by atoms with Gasteiger partial charge in [-0.15, -0.1) is 0 Å². The fraction of sp³-hybridized carbons (Fsp3) is 0. The van der Waals surface area contributed by atoms with Crippen molar-refractivity contribution in [2.24, 2.45) is 0 Å². The minimum Gasteiger partial charge on any atom is -0.473 e. The Hall–Kier alpha value is -0.541. The number of carbonyl (C=O) groups is 2. The number of carboxylic acids is 2. The average Bonchev–Trinajstić information content (AvgIpc) is 1.36. The molecule has 0 aliphatic heterocycles. The van der Waals surface area contributed by atoms with Gasteiger partial charge >= 0.3 is 29.0 Å². The van der Waals surface area contributed by atoms with E-state index in [0.29, 0.717) is 0 Å². The quantitative estimate of drug-likeness (QED) is 0.344. The normalized spacial score (nSPS) is 6.29. The van der Waals surface area contributed by atoms with Crippen molar-refractivity contribution in [3.63, 3.8) is 0 Å². The van der Waals surface area contributed by atoms with Gasteiger partial charge in [0, 0.05) is 0 Å². The van der Waals surface area contributed by atoms with E-state index in [-0.39, 0.29) is 17.1 Å². The number of aliphatic carboxylic acids is 2. The third kappa shape index (κ3) is 5.46. The second-order valence-electron chi connectivity index (χ2n) is 0.610. The Kier molecular flexibility index (Phi) is 5.04. The SMILES string of the molecule is O=C(O)C(=O)O.[Fe+2]. The summed E-state index contributed by atoms with van der Waals surface area (Å²) in [6.07, 6.45) is 0. The zero-order valence-electron chi connectivity index (χ0n) is 3.06. The Labute approximate surface area is 49.6 Å². The van der Waals surface area contributed by atoms with Gasteiger partial charge in [-0.3, -0.25) is 0 Å². The third-order valence-corrected chi connectivity index (χ3v) is 0.183. The van der Waals surface area contributed by atoms with Crippen LogP contribution in [0.25, 0.3) is 0 Å². The summed E-state index contributed by atoms with van der Waals surface area (Å²) in [4.78, 5) is 18.2. The minimum absolute atomic E-state index is 0. The second kappa shape index (κ2) is 3.64. The van der Waals surface area contributed by atoms with E-state index in [0.717, 1.165) is 0 Å². The Balaban J connectivity index is 0. The van der Waals surface area contributed by atoms with E-state index in [9.17, 15) is 0 Å². The first kappa shape index (κ1) is 9.68. The van der Waals surface area contributed by atoms with Crippen LogP contribution >= 0.6 is 0 Å². The van der Waals surface area contributed by atoms with Crippen molar-refractivity contribution in [1.29, 1.82) is 0 Å². The smallest absolute Gasteiger partial charge is 0.473 e. The summed E-state index contributed by atoms with van der Waals surface area (Å²) in [5.74, 6) is -3.65. The zero-order chi connectivity index (χ0) is 5.15. The van der Waals surface area contributed by atoms with Crippen molar-refractivity contribution in [2.75, 3.05) is 0 Å². The van der Waals surface area contributed by atoms with Gasteiger partial charge in [0.05, 0.1) is 0 Å². The van der Waals surface area contributed by atoms with Gasteiger partial charge in [0.2, 0.25) is 0 Å². The van der Waals surface area contributed by atoms with Gasteiger partial charge in [-0.25, -0.2) is 9.59 Å². The molecule has 0 saturated carbocycles. The predicted molar refractivity (Wildman–Crippen MR) is 15.3 cm³/mol. The molecule has 0 fully saturated rings. The Morgan fingerprint density at radius 2 is 1.14 bits per heavy atom. The monoisotopic (exact) mass is 146 g/mol. The Morgan fingerprint density at radius 3 is 1.14 bits per heavy atom. The van der Waals surface area contributed by atoms with Crippen LogP contribution in [0.3, 0.4) is 0 Å². The average molecular weight is 146 g/mol. The maximum absolute atomic E-state index is 9.10. The molecule has 0 atom stereocenters. The fourth-order valence-electron chi connectivity index (χ4n) is 0. The molecule has 0 spiro atoms. The second-order valence-corrected chi connectivity index (χ2v) is 0.610. The van der Waals surface area contributed by atoms with Gasteiger partial charge in [0.15, 0.2) is 0 Å². The Morgan fingerprint density at radius 1 is 1.00 bits per heavy atom. The van der Waals surface area contributed by atoms with Crippen LogP contribution in [0.4, 0.5) is 0 Å². The Bertz CT molecular complexity index is 75.7. The molecule has 0 aliphatic rings. The largest absolute Gasteiger partial charge is 2.00 e. The van der Waals surface area contributed by atoms with Gasteiger partial charge in [0.1, 0.15) is 0 Å². The van der Waals surface area contributed by atoms with Crippen molar-refractivity contribution in [3.05, 3.63) is 0 Å². The van der Waals surface area contributed by atoms with Gasteiger partial charge in [-0.05, 0) is 0 Å². The van der Waals surface area contributed by atoms with Crippen LogP contribution < -0.4 is 0 Å². The van der Waals surface area contributed by atoms with Crippen molar-refractivity contribution < 1.29 is 36.9 Å². The molecule has 0 heterocycles. The number of carboxylic acid groups (broad SMARTS) is 2. The van der Waals surface area contributed by atoms with Gasteiger partial charge in [0.25, 0.3) is 0 Å². The molecule has 40 valence electrons. The molecule has 0 aromatic carbocycles. The first-order chi connectivity index (χ1) is 2.64. The summed E-state index contributed by atoms with van der Waals surface area (Å²) in [7, 11) is 0. The molecule has 0 amide bonds. The van der Waals surface area contributed by atoms with Crippen molar-refractivity contribution in [2.45, 2.75) is 0 Å². The molecule has 2 N–H and O–H groups in total. The van der Waals surface area contributed by atoms with E-state index in [1.807, 2.05) is 0 Å². The topological polar surface area (TPSA) is 74.6 Å². The number of rotatable bonds is 0. The van der Waals surface area contributed by atoms with Crippen molar-refractivity contribution >= 4 is 11.9 Å². The molecule has 5 heteroatoms. The molecule has 0 unspecified atom stereocenters. The van der Waals surface area contributed by atoms with Crippen LogP contribution in [0.5, 0.6) is 0 Å². The molecule has 0 aromatic rings. The summed E-state index contributed by atoms with van der Waals surface area (Å²) >= 11 is 0. The molecule has 0 rings (SSSR count). The standard InChI is InChI=1S/C2H2O4.Fe/c3-1(4)2(5)6;/h(H,3,4)(H,5,6);/q;+2. The van der Waals surface area contributed by atoms with Gasteiger partial charge in [-0.2, -0.15) is 0 Å². The first-order valence-electron chi connectivity index (χ1n) is 1.11. The maximum atomic E-state index is 9.10. The van der Waals surface area contributed by atoms with E-state index in [1.165, 1.54) is 0 Å².